The third-order valence-electron chi connectivity index (χ3n) is 5.93. The standard InChI is InChI=1S/C24H27ClN4O4/c1-32-19-8-6-18(7-9-19)29-12-10-28(11-13-29)15-20-21(23(30)33-2)22(27-24(31)26-20)16-4-3-5-17(25)14-16/h3-9,14,22H,10-13,15H2,1-2H3,(H2,26,27,31)/t22-/m1/s1. The Morgan fingerprint density at radius 1 is 1.09 bits per heavy atom. The molecule has 2 heterocycles. The average Bonchev–Trinajstić information content (AvgIpc) is 2.84. The van der Waals surface area contributed by atoms with E-state index in [1.807, 2.05) is 18.2 Å². The molecule has 33 heavy (non-hydrogen) atoms. The summed E-state index contributed by atoms with van der Waals surface area (Å²) in [6.45, 7) is 3.67. The molecule has 174 valence electrons. The molecule has 2 amide bonds. The number of hydrogen-bond donors (Lipinski definition) is 2. The maximum absolute atomic E-state index is 12.7. The zero-order valence-electron chi connectivity index (χ0n) is 18.6. The highest BCUT2D eigenvalue weighted by Crippen LogP contribution is 2.30. The van der Waals surface area contributed by atoms with Crippen LogP contribution in [0.2, 0.25) is 5.02 Å². The van der Waals surface area contributed by atoms with Crippen LogP contribution in [0.1, 0.15) is 11.6 Å². The number of urea groups is 1. The van der Waals surface area contributed by atoms with E-state index >= 15 is 0 Å². The molecule has 2 aliphatic heterocycles. The van der Waals surface area contributed by atoms with E-state index in [1.165, 1.54) is 7.11 Å². The lowest BCUT2D eigenvalue weighted by Crippen LogP contribution is -2.51. The molecule has 1 fully saturated rings. The van der Waals surface area contributed by atoms with Crippen LogP contribution < -0.4 is 20.3 Å². The Kier molecular flexibility index (Phi) is 7.05. The molecule has 0 radical (unpaired) electrons. The van der Waals surface area contributed by atoms with Crippen molar-refractivity contribution >= 4 is 29.3 Å². The lowest BCUT2D eigenvalue weighted by molar-refractivity contribution is -0.136. The van der Waals surface area contributed by atoms with E-state index < -0.39 is 12.0 Å². The number of rotatable bonds is 6. The summed E-state index contributed by atoms with van der Waals surface area (Å²) < 4.78 is 10.3. The number of methoxy groups -OCH3 is 2. The molecule has 1 atom stereocenters. The topological polar surface area (TPSA) is 83.1 Å². The molecule has 0 saturated carbocycles. The van der Waals surface area contributed by atoms with Gasteiger partial charge in [0.05, 0.1) is 25.8 Å². The van der Waals surface area contributed by atoms with Crippen molar-refractivity contribution in [2.45, 2.75) is 6.04 Å². The fraction of sp³-hybridized carbons (Fsp3) is 0.333. The number of carbonyl (C=O) groups excluding carboxylic acids is 2. The summed E-state index contributed by atoms with van der Waals surface area (Å²) in [6, 6.07) is 14.1. The molecule has 9 heteroatoms. The van der Waals surface area contributed by atoms with Gasteiger partial charge in [0.25, 0.3) is 0 Å². The molecule has 2 aromatic rings. The lowest BCUT2D eigenvalue weighted by Gasteiger charge is -2.38. The third kappa shape index (κ3) is 5.23. The largest absolute Gasteiger partial charge is 0.497 e. The number of piperazine rings is 1. The lowest BCUT2D eigenvalue weighted by atomic mass is 9.95. The SMILES string of the molecule is COC(=O)C1=C(CN2CCN(c3ccc(OC)cc3)CC2)NC(=O)N[C@@H]1c1cccc(Cl)c1. The van der Waals surface area contributed by atoms with Gasteiger partial charge in [-0.25, -0.2) is 9.59 Å². The van der Waals surface area contributed by atoms with E-state index in [0.717, 1.165) is 43.2 Å². The highest BCUT2D eigenvalue weighted by molar-refractivity contribution is 6.30. The van der Waals surface area contributed by atoms with E-state index in [1.54, 1.807) is 25.3 Å². The molecule has 4 rings (SSSR count). The number of benzene rings is 2. The number of ether oxygens (including phenoxy) is 2. The number of nitrogens with one attached hydrogen (secondary N) is 2. The predicted octanol–water partition coefficient (Wildman–Crippen LogP) is 2.95. The Labute approximate surface area is 198 Å². The first kappa shape index (κ1) is 22.9. The Hall–Kier alpha value is -3.23. The van der Waals surface area contributed by atoms with Crippen molar-refractivity contribution < 1.29 is 19.1 Å². The summed E-state index contributed by atoms with van der Waals surface area (Å²) in [5.74, 6) is 0.343. The average molecular weight is 471 g/mol. The van der Waals surface area contributed by atoms with Gasteiger partial charge in [0.1, 0.15) is 5.75 Å². The van der Waals surface area contributed by atoms with E-state index in [4.69, 9.17) is 21.1 Å². The summed E-state index contributed by atoms with van der Waals surface area (Å²) in [7, 11) is 2.99. The molecule has 0 aromatic heterocycles. The van der Waals surface area contributed by atoms with Gasteiger partial charge in [-0.15, -0.1) is 0 Å². The smallest absolute Gasteiger partial charge is 0.338 e. The maximum Gasteiger partial charge on any atom is 0.338 e. The van der Waals surface area contributed by atoms with Crippen LogP contribution in [0.3, 0.4) is 0 Å². The van der Waals surface area contributed by atoms with Crippen LogP contribution in [0.4, 0.5) is 10.5 Å². The molecule has 1 saturated heterocycles. The van der Waals surface area contributed by atoms with Crippen molar-refractivity contribution in [2.24, 2.45) is 0 Å². The summed E-state index contributed by atoms with van der Waals surface area (Å²) in [4.78, 5) is 29.7. The molecule has 0 bridgehead atoms. The number of nitrogens with zero attached hydrogens (tertiary/aromatic N) is 2. The minimum absolute atomic E-state index is 0.362. The van der Waals surface area contributed by atoms with Gasteiger partial charge in [0, 0.05) is 49.1 Å². The van der Waals surface area contributed by atoms with Crippen LogP contribution in [0.15, 0.2) is 59.8 Å². The van der Waals surface area contributed by atoms with Crippen LogP contribution in [0.5, 0.6) is 5.75 Å². The van der Waals surface area contributed by atoms with Crippen molar-refractivity contribution in [2.75, 3.05) is 51.8 Å². The van der Waals surface area contributed by atoms with Gasteiger partial charge in [-0.1, -0.05) is 23.7 Å². The van der Waals surface area contributed by atoms with Crippen LogP contribution >= 0.6 is 11.6 Å². The second-order valence-electron chi connectivity index (χ2n) is 7.93. The minimum atomic E-state index is -0.638. The van der Waals surface area contributed by atoms with E-state index in [2.05, 4.69) is 32.6 Å². The maximum atomic E-state index is 12.7. The highest BCUT2D eigenvalue weighted by atomic mass is 35.5. The summed E-state index contributed by atoms with van der Waals surface area (Å²) in [6.07, 6.45) is 0. The fourth-order valence-electron chi connectivity index (χ4n) is 4.21. The van der Waals surface area contributed by atoms with Gasteiger partial charge >= 0.3 is 12.0 Å². The minimum Gasteiger partial charge on any atom is -0.497 e. The zero-order chi connectivity index (χ0) is 23.4. The first-order valence-electron chi connectivity index (χ1n) is 10.7. The fourth-order valence-corrected chi connectivity index (χ4v) is 4.41. The van der Waals surface area contributed by atoms with Crippen molar-refractivity contribution in [3.05, 3.63) is 70.4 Å². The molecule has 2 aliphatic rings. The van der Waals surface area contributed by atoms with E-state index in [-0.39, 0.29) is 6.03 Å². The van der Waals surface area contributed by atoms with Crippen LogP contribution in [0.25, 0.3) is 0 Å². The summed E-state index contributed by atoms with van der Waals surface area (Å²) in [5, 5.41) is 6.18. The van der Waals surface area contributed by atoms with Gasteiger partial charge < -0.3 is 25.0 Å². The third-order valence-corrected chi connectivity index (χ3v) is 6.17. The van der Waals surface area contributed by atoms with Crippen molar-refractivity contribution in [1.82, 2.24) is 15.5 Å². The summed E-state index contributed by atoms with van der Waals surface area (Å²) >= 11 is 6.15. The Bertz CT molecular complexity index is 1050. The van der Waals surface area contributed by atoms with Gasteiger partial charge in [-0.2, -0.15) is 0 Å². The number of carbonyl (C=O) groups is 2. The molecule has 0 spiro atoms. The monoisotopic (exact) mass is 470 g/mol. The molecule has 8 nitrogen and oxygen atoms in total. The van der Waals surface area contributed by atoms with Gasteiger partial charge in [0.15, 0.2) is 0 Å². The highest BCUT2D eigenvalue weighted by Gasteiger charge is 2.34. The number of amides is 2. The van der Waals surface area contributed by atoms with Crippen LogP contribution in [0, 0.1) is 0 Å². The first-order valence-corrected chi connectivity index (χ1v) is 11.1. The number of esters is 1. The van der Waals surface area contributed by atoms with Crippen molar-refractivity contribution in [3.8, 4) is 5.75 Å². The predicted molar refractivity (Wildman–Crippen MR) is 127 cm³/mol. The van der Waals surface area contributed by atoms with Gasteiger partial charge in [-0.05, 0) is 42.0 Å². The van der Waals surface area contributed by atoms with Gasteiger partial charge in [0.2, 0.25) is 0 Å². The number of anilines is 1. The van der Waals surface area contributed by atoms with Crippen molar-refractivity contribution in [3.63, 3.8) is 0 Å². The first-order chi connectivity index (χ1) is 16.0. The molecular formula is C24H27ClN4O4. The normalized spacial score (nSPS) is 19.1. The van der Waals surface area contributed by atoms with Crippen molar-refractivity contribution in [1.29, 1.82) is 0 Å². The molecule has 2 aromatic carbocycles. The molecular weight excluding hydrogens is 444 g/mol. The van der Waals surface area contributed by atoms with Gasteiger partial charge in [-0.3, -0.25) is 4.90 Å². The van der Waals surface area contributed by atoms with E-state index in [9.17, 15) is 9.59 Å². The quantitative estimate of drug-likeness (QED) is 0.632. The molecule has 2 N–H and O–H groups in total. The summed E-state index contributed by atoms with van der Waals surface area (Å²) in [5.41, 5.74) is 2.80. The molecule has 0 aliphatic carbocycles. The zero-order valence-corrected chi connectivity index (χ0v) is 19.4. The Balaban J connectivity index is 1.52. The van der Waals surface area contributed by atoms with E-state index in [0.29, 0.717) is 22.8 Å². The second kappa shape index (κ2) is 10.1. The van der Waals surface area contributed by atoms with Crippen LogP contribution in [-0.2, 0) is 9.53 Å². The number of hydrogen-bond acceptors (Lipinski definition) is 6. The van der Waals surface area contributed by atoms with Crippen LogP contribution in [-0.4, -0.2) is 63.8 Å². The second-order valence-corrected chi connectivity index (χ2v) is 8.37. The molecule has 0 unspecified atom stereocenters. The Morgan fingerprint density at radius 2 is 1.82 bits per heavy atom. The Morgan fingerprint density at radius 3 is 2.45 bits per heavy atom. The number of halogens is 1.